The maximum Gasteiger partial charge on any atom is 0.456 e. The topological polar surface area (TPSA) is 106 Å². The van der Waals surface area contributed by atoms with Crippen LogP contribution in [0.15, 0.2) is 30.5 Å². The van der Waals surface area contributed by atoms with E-state index in [9.17, 15) is 31.5 Å². The Hall–Kier alpha value is -3.38. The van der Waals surface area contributed by atoms with Crippen LogP contribution in [0, 0.1) is 0 Å². The average molecular weight is 447 g/mol. The Morgan fingerprint density at radius 1 is 1.13 bits per heavy atom. The Bertz CT molecular complexity index is 922. The fraction of sp³-hybridized carbons (Fsp3) is 0.389. The monoisotopic (exact) mass is 447 g/mol. The minimum absolute atomic E-state index is 0.213. The number of carbonyl (C=O) groups is 2. The second-order valence-corrected chi connectivity index (χ2v) is 6.32. The van der Waals surface area contributed by atoms with Crippen LogP contribution in [0.25, 0.3) is 0 Å². The van der Waals surface area contributed by atoms with Crippen LogP contribution >= 0.6 is 0 Å². The average Bonchev–Trinajstić information content (AvgIpc) is 2.71. The van der Waals surface area contributed by atoms with Crippen LogP contribution in [0.4, 0.5) is 27.8 Å². The lowest BCUT2D eigenvalue weighted by molar-refractivity contribution is -0.290. The van der Waals surface area contributed by atoms with Crippen LogP contribution < -0.4 is 15.4 Å². The van der Waals surface area contributed by atoms with Crippen molar-refractivity contribution in [3.05, 3.63) is 41.7 Å². The van der Waals surface area contributed by atoms with Gasteiger partial charge >= 0.3 is 12.1 Å². The standard InChI is InChI=1S/C18H18F5N5O3/c1-3-14(29)26-13-8-11(6-7-24-13)10(2)25-16(30)12-4-5-15(28-27-12)31-9-17(19,20)18(21,22)23/h4-8,10H,3,9H2,1-2H3,(H,25,30)(H,24,26,29). The molecule has 0 aromatic carbocycles. The molecular formula is C18H18F5N5O3. The highest BCUT2D eigenvalue weighted by Crippen LogP contribution is 2.35. The molecule has 0 saturated carbocycles. The Kier molecular flexibility index (Phi) is 7.41. The van der Waals surface area contributed by atoms with E-state index in [1.807, 2.05) is 0 Å². The molecule has 0 aliphatic carbocycles. The summed E-state index contributed by atoms with van der Waals surface area (Å²) in [6.45, 7) is 1.37. The molecule has 8 nitrogen and oxygen atoms in total. The molecule has 1 unspecified atom stereocenters. The van der Waals surface area contributed by atoms with Gasteiger partial charge in [0, 0.05) is 18.7 Å². The fourth-order valence-corrected chi connectivity index (χ4v) is 2.13. The number of ether oxygens (including phenoxy) is 1. The first-order valence-corrected chi connectivity index (χ1v) is 8.90. The molecule has 2 amide bonds. The highest BCUT2D eigenvalue weighted by Gasteiger charge is 2.58. The van der Waals surface area contributed by atoms with Crippen LogP contribution in [0.1, 0.15) is 42.4 Å². The summed E-state index contributed by atoms with van der Waals surface area (Å²) in [5, 5.41) is 12.0. The quantitative estimate of drug-likeness (QED) is 0.602. The number of hydrogen-bond acceptors (Lipinski definition) is 6. The lowest BCUT2D eigenvalue weighted by Crippen LogP contribution is -2.41. The van der Waals surface area contributed by atoms with Gasteiger partial charge in [-0.3, -0.25) is 9.59 Å². The van der Waals surface area contributed by atoms with Gasteiger partial charge in [0.05, 0.1) is 6.04 Å². The summed E-state index contributed by atoms with van der Waals surface area (Å²) in [6.07, 6.45) is -4.04. The van der Waals surface area contributed by atoms with Gasteiger partial charge in [0.15, 0.2) is 12.3 Å². The van der Waals surface area contributed by atoms with Gasteiger partial charge in [0.25, 0.3) is 5.91 Å². The number of hydrogen-bond donors (Lipinski definition) is 2. The van der Waals surface area contributed by atoms with Gasteiger partial charge < -0.3 is 15.4 Å². The molecule has 0 bridgehead atoms. The van der Waals surface area contributed by atoms with Gasteiger partial charge in [0.1, 0.15) is 5.82 Å². The van der Waals surface area contributed by atoms with Crippen molar-refractivity contribution < 1.29 is 36.3 Å². The molecule has 0 aliphatic heterocycles. The number of nitrogens with one attached hydrogen (secondary N) is 2. The van der Waals surface area contributed by atoms with E-state index < -0.39 is 36.5 Å². The van der Waals surface area contributed by atoms with Crippen LogP contribution in [0.3, 0.4) is 0 Å². The summed E-state index contributed by atoms with van der Waals surface area (Å²) in [4.78, 5) is 27.8. The zero-order valence-electron chi connectivity index (χ0n) is 16.3. The zero-order valence-corrected chi connectivity index (χ0v) is 16.3. The van der Waals surface area contributed by atoms with Gasteiger partial charge in [-0.05, 0) is 30.7 Å². The third-order valence-electron chi connectivity index (χ3n) is 3.91. The summed E-state index contributed by atoms with van der Waals surface area (Å²) in [5.41, 5.74) is 0.410. The Labute approximate surface area is 173 Å². The molecule has 1 atom stereocenters. The lowest BCUT2D eigenvalue weighted by atomic mass is 10.1. The van der Waals surface area contributed by atoms with Crippen LogP contribution in [0.2, 0.25) is 0 Å². The van der Waals surface area contributed by atoms with Gasteiger partial charge in [-0.15, -0.1) is 10.2 Å². The minimum Gasteiger partial charge on any atom is -0.470 e. The van der Waals surface area contributed by atoms with Gasteiger partial charge in [-0.25, -0.2) is 4.98 Å². The summed E-state index contributed by atoms with van der Waals surface area (Å²) in [5.74, 6) is -6.25. The second kappa shape index (κ2) is 9.62. The van der Waals surface area contributed by atoms with Crippen molar-refractivity contribution in [2.24, 2.45) is 0 Å². The number of aromatic nitrogens is 3. The predicted molar refractivity (Wildman–Crippen MR) is 97.6 cm³/mol. The molecule has 2 heterocycles. The molecule has 13 heteroatoms. The zero-order chi connectivity index (χ0) is 23.2. The largest absolute Gasteiger partial charge is 0.470 e. The molecule has 2 aromatic rings. The molecule has 0 spiro atoms. The normalized spacial score (nSPS) is 12.7. The highest BCUT2D eigenvalue weighted by atomic mass is 19.4. The van der Waals surface area contributed by atoms with Crippen molar-refractivity contribution in [1.82, 2.24) is 20.5 Å². The van der Waals surface area contributed by atoms with Gasteiger partial charge in [-0.2, -0.15) is 22.0 Å². The number of halogens is 5. The maximum absolute atomic E-state index is 12.9. The first-order chi connectivity index (χ1) is 14.4. The number of pyridine rings is 1. The third-order valence-corrected chi connectivity index (χ3v) is 3.91. The van der Waals surface area contributed by atoms with Gasteiger partial charge in [-0.1, -0.05) is 6.92 Å². The van der Waals surface area contributed by atoms with Crippen molar-refractivity contribution in [2.45, 2.75) is 38.4 Å². The minimum atomic E-state index is -5.76. The Morgan fingerprint density at radius 3 is 2.42 bits per heavy atom. The number of carbonyl (C=O) groups excluding carboxylic acids is 2. The van der Waals surface area contributed by atoms with Crippen LogP contribution in [-0.2, 0) is 4.79 Å². The molecule has 31 heavy (non-hydrogen) atoms. The lowest BCUT2D eigenvalue weighted by Gasteiger charge is -2.19. The molecular weight excluding hydrogens is 429 g/mol. The Morgan fingerprint density at radius 2 is 1.84 bits per heavy atom. The Balaban J connectivity index is 1.98. The number of anilines is 1. The molecule has 0 aliphatic rings. The highest BCUT2D eigenvalue weighted by molar-refractivity contribution is 5.92. The molecule has 0 saturated heterocycles. The van der Waals surface area contributed by atoms with E-state index in [-0.39, 0.29) is 18.0 Å². The van der Waals surface area contributed by atoms with E-state index in [0.29, 0.717) is 11.4 Å². The van der Waals surface area contributed by atoms with Crippen molar-refractivity contribution >= 4 is 17.6 Å². The molecule has 0 radical (unpaired) electrons. The first-order valence-electron chi connectivity index (χ1n) is 8.90. The van der Waals surface area contributed by atoms with E-state index in [0.717, 1.165) is 12.1 Å². The molecule has 0 fully saturated rings. The summed E-state index contributed by atoms with van der Waals surface area (Å²) in [6, 6.07) is 4.67. The van der Waals surface area contributed by atoms with Crippen molar-refractivity contribution in [3.8, 4) is 5.88 Å². The number of amides is 2. The molecule has 2 rings (SSSR count). The van der Waals surface area contributed by atoms with Gasteiger partial charge in [0.2, 0.25) is 11.8 Å². The van der Waals surface area contributed by atoms with E-state index >= 15 is 0 Å². The maximum atomic E-state index is 12.9. The molecule has 2 N–H and O–H groups in total. The summed E-state index contributed by atoms with van der Waals surface area (Å²) in [7, 11) is 0. The van der Waals surface area contributed by atoms with Crippen LogP contribution in [0.5, 0.6) is 5.88 Å². The van der Waals surface area contributed by atoms with E-state index in [1.165, 1.54) is 6.20 Å². The number of alkyl halides is 5. The molecule has 2 aromatic heterocycles. The summed E-state index contributed by atoms with van der Waals surface area (Å²) < 4.78 is 66.4. The van der Waals surface area contributed by atoms with Crippen molar-refractivity contribution in [1.29, 1.82) is 0 Å². The smallest absolute Gasteiger partial charge is 0.456 e. The third kappa shape index (κ3) is 6.55. The summed E-state index contributed by atoms with van der Waals surface area (Å²) >= 11 is 0. The van der Waals surface area contributed by atoms with Crippen molar-refractivity contribution in [2.75, 3.05) is 11.9 Å². The van der Waals surface area contributed by atoms with Crippen LogP contribution in [-0.4, -0.2) is 45.7 Å². The first kappa shape index (κ1) is 23.9. The van der Waals surface area contributed by atoms with E-state index in [1.54, 1.807) is 26.0 Å². The van der Waals surface area contributed by atoms with E-state index in [2.05, 4.69) is 30.6 Å². The second-order valence-electron chi connectivity index (χ2n) is 6.32. The number of nitrogens with zero attached hydrogens (tertiary/aromatic N) is 3. The predicted octanol–water partition coefficient (Wildman–Crippen LogP) is 3.29. The van der Waals surface area contributed by atoms with Crippen molar-refractivity contribution in [3.63, 3.8) is 0 Å². The number of rotatable bonds is 8. The van der Waals surface area contributed by atoms with E-state index in [4.69, 9.17) is 0 Å². The fourth-order valence-electron chi connectivity index (χ4n) is 2.13. The SMILES string of the molecule is CCC(=O)Nc1cc(C(C)NC(=O)c2ccc(OCC(F)(F)C(F)(F)F)nn2)ccn1. The molecule has 168 valence electrons.